The molecular formula is C27H26ClN5O4S. The molecule has 0 aliphatic rings. The molecule has 2 aromatic carbocycles. The van der Waals surface area contributed by atoms with Gasteiger partial charge in [0.05, 0.1) is 12.2 Å². The number of rotatable bonds is 10. The van der Waals surface area contributed by atoms with Crippen molar-refractivity contribution in [3.05, 3.63) is 89.1 Å². The second-order valence-electron chi connectivity index (χ2n) is 8.54. The number of aromatic nitrogens is 3. The van der Waals surface area contributed by atoms with Crippen molar-refractivity contribution in [3.8, 4) is 22.4 Å². The van der Waals surface area contributed by atoms with Crippen molar-refractivity contribution in [1.29, 1.82) is 0 Å². The lowest BCUT2D eigenvalue weighted by molar-refractivity contribution is 0.111. The minimum atomic E-state index is -4.45. The van der Waals surface area contributed by atoms with Crippen LogP contribution in [0.2, 0.25) is 5.15 Å². The fourth-order valence-electron chi connectivity index (χ4n) is 4.32. The fraction of sp³-hybridized carbons (Fsp3) is 0.185. The molecule has 2 heterocycles. The highest BCUT2D eigenvalue weighted by Crippen LogP contribution is 2.38. The van der Waals surface area contributed by atoms with Crippen LogP contribution in [-0.4, -0.2) is 35.3 Å². The molecule has 0 spiro atoms. The van der Waals surface area contributed by atoms with Crippen molar-refractivity contribution in [3.63, 3.8) is 0 Å². The third kappa shape index (κ3) is 5.61. The number of hydrogen-bond acceptors (Lipinski definition) is 6. The van der Waals surface area contributed by atoms with Crippen molar-refractivity contribution in [2.75, 3.05) is 0 Å². The lowest BCUT2D eigenvalue weighted by atomic mass is 9.96. The normalized spacial score (nSPS) is 11.3. The van der Waals surface area contributed by atoms with Gasteiger partial charge in [-0.2, -0.15) is 0 Å². The van der Waals surface area contributed by atoms with Crippen LogP contribution in [-0.2, 0) is 23.0 Å². The van der Waals surface area contributed by atoms with Gasteiger partial charge >= 0.3 is 6.03 Å². The van der Waals surface area contributed by atoms with Gasteiger partial charge in [-0.15, -0.1) is 0 Å². The molecule has 0 aliphatic carbocycles. The van der Waals surface area contributed by atoms with E-state index < -0.39 is 16.1 Å². The summed E-state index contributed by atoms with van der Waals surface area (Å²) >= 11 is 6.29. The number of aldehydes is 1. The van der Waals surface area contributed by atoms with Gasteiger partial charge in [0.15, 0.2) is 11.4 Å². The molecule has 4 aromatic rings. The summed E-state index contributed by atoms with van der Waals surface area (Å²) in [5, 5.41) is 0.0784. The molecule has 0 saturated carbocycles. The molecule has 196 valence electrons. The number of benzene rings is 2. The van der Waals surface area contributed by atoms with E-state index in [1.165, 1.54) is 0 Å². The summed E-state index contributed by atoms with van der Waals surface area (Å²) in [4.78, 5) is 32.3. The zero-order chi connectivity index (χ0) is 27.3. The van der Waals surface area contributed by atoms with E-state index >= 15 is 0 Å². The van der Waals surface area contributed by atoms with Crippen LogP contribution in [0.5, 0.6) is 0 Å². The summed E-state index contributed by atoms with van der Waals surface area (Å²) in [7, 11) is -4.45. The SMILES string of the molecule is CCCCc1nc(Cl)c(C=O)n1Cc1ccc(-c2ccccc2)c(S(=O)(=O)NC(N)=O)c1-c1ccccn1. The van der Waals surface area contributed by atoms with Gasteiger partial charge in [0, 0.05) is 23.7 Å². The molecule has 0 fully saturated rings. The minimum Gasteiger partial charge on any atom is -0.351 e. The van der Waals surface area contributed by atoms with E-state index in [1.54, 1.807) is 65.4 Å². The van der Waals surface area contributed by atoms with Crippen LogP contribution in [0.25, 0.3) is 22.4 Å². The number of halogens is 1. The Morgan fingerprint density at radius 1 is 1.11 bits per heavy atom. The van der Waals surface area contributed by atoms with Gasteiger partial charge in [-0.05, 0) is 29.7 Å². The van der Waals surface area contributed by atoms with Crippen LogP contribution in [0.15, 0.2) is 71.8 Å². The number of nitrogens with one attached hydrogen (secondary N) is 1. The van der Waals surface area contributed by atoms with Crippen LogP contribution in [0.4, 0.5) is 4.79 Å². The quantitative estimate of drug-likeness (QED) is 0.271. The summed E-state index contributed by atoms with van der Waals surface area (Å²) in [5.41, 5.74) is 7.57. The number of urea groups is 1. The molecule has 9 nitrogen and oxygen atoms in total. The van der Waals surface area contributed by atoms with E-state index in [0.717, 1.165) is 12.8 Å². The zero-order valence-corrected chi connectivity index (χ0v) is 22.2. The summed E-state index contributed by atoms with van der Waals surface area (Å²) in [6.07, 6.45) is 4.50. The van der Waals surface area contributed by atoms with Gasteiger partial charge in [-0.3, -0.25) is 9.78 Å². The maximum Gasteiger partial charge on any atom is 0.326 e. The van der Waals surface area contributed by atoms with Crippen LogP contribution >= 0.6 is 11.6 Å². The van der Waals surface area contributed by atoms with E-state index in [4.69, 9.17) is 17.3 Å². The average molecular weight is 552 g/mol. The number of primary amides is 1. The van der Waals surface area contributed by atoms with E-state index in [0.29, 0.717) is 40.9 Å². The molecule has 0 bridgehead atoms. The number of carbonyl (C=O) groups is 2. The smallest absolute Gasteiger partial charge is 0.326 e. The molecule has 11 heteroatoms. The lowest BCUT2D eigenvalue weighted by Crippen LogP contribution is -2.35. The van der Waals surface area contributed by atoms with E-state index in [9.17, 15) is 18.0 Å². The van der Waals surface area contributed by atoms with Gasteiger partial charge in [0.25, 0.3) is 10.0 Å². The van der Waals surface area contributed by atoms with Crippen LogP contribution < -0.4 is 10.5 Å². The number of nitrogens with zero attached hydrogens (tertiary/aromatic N) is 3. The molecule has 2 aromatic heterocycles. The molecule has 0 radical (unpaired) electrons. The largest absolute Gasteiger partial charge is 0.351 e. The highest BCUT2D eigenvalue weighted by atomic mass is 35.5. The van der Waals surface area contributed by atoms with Gasteiger partial charge in [-0.25, -0.2) is 22.9 Å². The van der Waals surface area contributed by atoms with Crippen LogP contribution in [0, 0.1) is 0 Å². The number of carbonyl (C=O) groups excluding carboxylic acids is 2. The number of sulfonamides is 1. The monoisotopic (exact) mass is 551 g/mol. The van der Waals surface area contributed by atoms with Crippen LogP contribution in [0.1, 0.15) is 41.6 Å². The minimum absolute atomic E-state index is 0.0784. The van der Waals surface area contributed by atoms with Gasteiger partial charge in [0.1, 0.15) is 16.4 Å². The summed E-state index contributed by atoms with van der Waals surface area (Å²) in [5.74, 6) is 0.609. The predicted molar refractivity (Wildman–Crippen MR) is 145 cm³/mol. The average Bonchev–Trinajstić information content (AvgIpc) is 3.20. The topological polar surface area (TPSA) is 137 Å². The summed E-state index contributed by atoms with van der Waals surface area (Å²) < 4.78 is 30.9. The Bertz CT molecular complexity index is 1570. The molecule has 0 saturated heterocycles. The summed E-state index contributed by atoms with van der Waals surface area (Å²) in [6.45, 7) is 2.13. The first kappa shape index (κ1) is 27.0. The Balaban J connectivity index is 2.05. The van der Waals surface area contributed by atoms with Crippen molar-refractivity contribution in [1.82, 2.24) is 19.3 Å². The number of nitrogens with two attached hydrogens (primary N) is 1. The zero-order valence-electron chi connectivity index (χ0n) is 20.6. The number of aryl methyl sites for hydroxylation is 1. The molecule has 2 amide bonds. The first-order valence-corrected chi connectivity index (χ1v) is 13.8. The van der Waals surface area contributed by atoms with Gasteiger partial charge in [0.2, 0.25) is 0 Å². The maximum absolute atomic E-state index is 13.6. The van der Waals surface area contributed by atoms with E-state index in [2.05, 4.69) is 9.97 Å². The standard InChI is InChI=1S/C27H26ClN5O4S/c1-2-3-12-23-31-26(28)22(17-34)33(23)16-19-13-14-20(18-9-5-4-6-10-18)25(38(36,37)32-27(29)35)24(19)21-11-7-8-15-30-21/h4-11,13-15,17H,2-3,12,16H2,1H3,(H3,29,32,35). The third-order valence-corrected chi connectivity index (χ3v) is 7.70. The highest BCUT2D eigenvalue weighted by molar-refractivity contribution is 7.90. The Morgan fingerprint density at radius 2 is 1.84 bits per heavy atom. The second kappa shape index (κ2) is 11.6. The van der Waals surface area contributed by atoms with E-state index in [-0.39, 0.29) is 27.9 Å². The predicted octanol–water partition coefficient (Wildman–Crippen LogP) is 4.83. The molecule has 0 unspecified atom stereocenters. The molecule has 3 N–H and O–H groups in total. The van der Waals surface area contributed by atoms with E-state index in [1.807, 2.05) is 17.7 Å². The number of imidazole rings is 1. The molecular weight excluding hydrogens is 526 g/mol. The first-order valence-electron chi connectivity index (χ1n) is 11.9. The van der Waals surface area contributed by atoms with Crippen LogP contribution in [0.3, 0.4) is 0 Å². The second-order valence-corrected chi connectivity index (χ2v) is 10.5. The number of pyridine rings is 1. The Labute approximate surface area is 225 Å². The first-order chi connectivity index (χ1) is 18.3. The molecule has 0 atom stereocenters. The van der Waals surface area contributed by atoms with Crippen molar-refractivity contribution in [2.24, 2.45) is 5.73 Å². The fourth-order valence-corrected chi connectivity index (χ4v) is 5.91. The Hall–Kier alpha value is -4.02. The van der Waals surface area contributed by atoms with Gasteiger partial charge in [-0.1, -0.05) is 73.5 Å². The highest BCUT2D eigenvalue weighted by Gasteiger charge is 2.29. The lowest BCUT2D eigenvalue weighted by Gasteiger charge is -2.20. The number of unbranched alkanes of at least 4 members (excludes halogenated alkanes) is 1. The van der Waals surface area contributed by atoms with Crippen molar-refractivity contribution in [2.45, 2.75) is 37.6 Å². The third-order valence-electron chi connectivity index (χ3n) is 5.99. The molecule has 0 aliphatic heterocycles. The molecule has 38 heavy (non-hydrogen) atoms. The summed E-state index contributed by atoms with van der Waals surface area (Å²) in [6, 6.07) is 16.3. The van der Waals surface area contributed by atoms with Crippen molar-refractivity contribution < 1.29 is 18.0 Å². The Kier molecular flexibility index (Phi) is 8.23. The van der Waals surface area contributed by atoms with Gasteiger partial charge < -0.3 is 10.3 Å². The number of amides is 2. The van der Waals surface area contributed by atoms with Crippen molar-refractivity contribution >= 4 is 33.9 Å². The maximum atomic E-state index is 13.6. The number of hydrogen-bond donors (Lipinski definition) is 2. The Morgan fingerprint density at radius 3 is 2.47 bits per heavy atom. The molecule has 4 rings (SSSR count).